The van der Waals surface area contributed by atoms with Gasteiger partial charge in [-0.25, -0.2) is 4.98 Å². The Hall–Kier alpha value is -1.36. The van der Waals surface area contributed by atoms with Gasteiger partial charge < -0.3 is 15.5 Å². The lowest BCUT2D eigenvalue weighted by molar-refractivity contribution is 0.435. The number of fused-ring (bicyclic) bond motifs is 1. The molecule has 2 aliphatic rings. The van der Waals surface area contributed by atoms with Crippen molar-refractivity contribution in [1.82, 2.24) is 15.3 Å². The number of hydrogen-bond donors (Lipinski definition) is 2. The van der Waals surface area contributed by atoms with Crippen LogP contribution in [0.2, 0.25) is 0 Å². The van der Waals surface area contributed by atoms with Gasteiger partial charge in [0.05, 0.1) is 5.69 Å². The highest BCUT2D eigenvalue weighted by atomic mass is 15.2. The molecule has 0 aliphatic carbocycles. The highest BCUT2D eigenvalue weighted by molar-refractivity contribution is 5.53. The number of nitrogens with one attached hydrogen (secondary N) is 2. The fourth-order valence-electron chi connectivity index (χ4n) is 2.92. The number of aromatic nitrogens is 2. The minimum Gasteiger partial charge on any atom is -0.357 e. The van der Waals surface area contributed by atoms with Crippen LogP contribution in [0.15, 0.2) is 0 Å². The van der Waals surface area contributed by atoms with E-state index in [0.717, 1.165) is 50.3 Å². The molecule has 0 radical (unpaired) electrons. The molecule has 0 aromatic carbocycles. The average molecular weight is 261 g/mol. The summed E-state index contributed by atoms with van der Waals surface area (Å²) in [6.45, 7) is 6.50. The minimum absolute atomic E-state index is 0.759. The summed E-state index contributed by atoms with van der Waals surface area (Å²) in [6, 6.07) is 0. The Balaban J connectivity index is 1.94. The van der Waals surface area contributed by atoms with E-state index in [2.05, 4.69) is 27.4 Å². The van der Waals surface area contributed by atoms with Crippen molar-refractivity contribution in [1.29, 1.82) is 0 Å². The van der Waals surface area contributed by atoms with Gasteiger partial charge in [-0.1, -0.05) is 6.92 Å². The highest BCUT2D eigenvalue weighted by Crippen LogP contribution is 2.28. The Morgan fingerprint density at radius 2 is 2.05 bits per heavy atom. The zero-order chi connectivity index (χ0) is 13.2. The molecule has 0 amide bonds. The van der Waals surface area contributed by atoms with Crippen LogP contribution in [0.3, 0.4) is 0 Å². The molecule has 3 rings (SSSR count). The number of nitrogens with zero attached hydrogens (tertiary/aromatic N) is 3. The summed E-state index contributed by atoms with van der Waals surface area (Å²) in [5.74, 6) is 2.75. The quantitative estimate of drug-likeness (QED) is 0.843. The van der Waals surface area contributed by atoms with E-state index in [9.17, 15) is 0 Å². The van der Waals surface area contributed by atoms with Gasteiger partial charge in [0.25, 0.3) is 0 Å². The van der Waals surface area contributed by atoms with Crippen LogP contribution in [-0.2, 0) is 13.0 Å². The normalized spacial score (nSPS) is 20.2. The Morgan fingerprint density at radius 1 is 1.26 bits per heavy atom. The van der Waals surface area contributed by atoms with Crippen LogP contribution in [0.5, 0.6) is 0 Å². The number of rotatable bonds is 2. The molecule has 19 heavy (non-hydrogen) atoms. The first-order chi connectivity index (χ1) is 9.28. The number of piperidine rings is 1. The van der Waals surface area contributed by atoms with Gasteiger partial charge in [0.15, 0.2) is 0 Å². The van der Waals surface area contributed by atoms with Crippen molar-refractivity contribution in [3.63, 3.8) is 0 Å². The van der Waals surface area contributed by atoms with Crippen molar-refractivity contribution in [2.24, 2.45) is 5.92 Å². The molecular formula is C14H23N5. The summed E-state index contributed by atoms with van der Waals surface area (Å²) in [6.07, 6.45) is 3.53. The van der Waals surface area contributed by atoms with Crippen molar-refractivity contribution < 1.29 is 0 Å². The van der Waals surface area contributed by atoms with Crippen LogP contribution in [0, 0.1) is 5.92 Å². The monoisotopic (exact) mass is 261 g/mol. The minimum atomic E-state index is 0.759. The smallest absolute Gasteiger partial charge is 0.224 e. The second-order valence-electron chi connectivity index (χ2n) is 5.64. The third-order valence-electron chi connectivity index (χ3n) is 4.22. The SMILES string of the molecule is CNc1nc2c(c(N3CCC(C)CC3)n1)CNCC2. The first-order valence-corrected chi connectivity index (χ1v) is 7.31. The molecule has 1 fully saturated rings. The Morgan fingerprint density at radius 3 is 2.79 bits per heavy atom. The molecule has 1 aromatic heterocycles. The summed E-state index contributed by atoms with van der Waals surface area (Å²) < 4.78 is 0. The van der Waals surface area contributed by atoms with Crippen LogP contribution in [0.25, 0.3) is 0 Å². The van der Waals surface area contributed by atoms with E-state index >= 15 is 0 Å². The van der Waals surface area contributed by atoms with Gasteiger partial charge in [0.2, 0.25) is 5.95 Å². The molecule has 104 valence electrons. The van der Waals surface area contributed by atoms with Gasteiger partial charge in [0.1, 0.15) is 5.82 Å². The number of hydrogen-bond acceptors (Lipinski definition) is 5. The largest absolute Gasteiger partial charge is 0.357 e. The standard InChI is InChI=1S/C14H23N5/c1-10-4-7-19(8-5-10)13-11-9-16-6-3-12(11)17-14(15-2)18-13/h10,16H,3-9H2,1-2H3,(H,15,17,18). The van der Waals surface area contributed by atoms with Crippen molar-refractivity contribution >= 4 is 11.8 Å². The summed E-state index contributed by atoms with van der Waals surface area (Å²) in [4.78, 5) is 11.8. The maximum absolute atomic E-state index is 4.72. The van der Waals surface area contributed by atoms with Crippen molar-refractivity contribution in [2.45, 2.75) is 32.7 Å². The van der Waals surface area contributed by atoms with E-state index in [1.807, 2.05) is 7.05 Å². The van der Waals surface area contributed by atoms with Crippen LogP contribution < -0.4 is 15.5 Å². The first-order valence-electron chi connectivity index (χ1n) is 7.31. The van der Waals surface area contributed by atoms with Crippen LogP contribution >= 0.6 is 0 Å². The molecule has 1 aromatic rings. The lowest BCUT2D eigenvalue weighted by Gasteiger charge is -2.34. The third-order valence-corrected chi connectivity index (χ3v) is 4.22. The van der Waals surface area contributed by atoms with Gasteiger partial charge in [-0.15, -0.1) is 0 Å². The maximum atomic E-state index is 4.72. The molecule has 0 saturated carbocycles. The van der Waals surface area contributed by atoms with Crippen LogP contribution in [0.1, 0.15) is 31.0 Å². The Labute approximate surface area is 114 Å². The van der Waals surface area contributed by atoms with Crippen LogP contribution in [0.4, 0.5) is 11.8 Å². The predicted octanol–water partition coefficient (Wildman–Crippen LogP) is 1.40. The second kappa shape index (κ2) is 5.33. The van der Waals surface area contributed by atoms with E-state index in [4.69, 9.17) is 4.98 Å². The molecule has 2 aliphatic heterocycles. The second-order valence-corrected chi connectivity index (χ2v) is 5.64. The van der Waals surface area contributed by atoms with E-state index in [-0.39, 0.29) is 0 Å². The van der Waals surface area contributed by atoms with Gasteiger partial charge in [0, 0.05) is 45.2 Å². The van der Waals surface area contributed by atoms with Gasteiger partial charge in [-0.3, -0.25) is 0 Å². The lowest BCUT2D eigenvalue weighted by Crippen LogP contribution is -2.36. The summed E-state index contributed by atoms with van der Waals surface area (Å²) in [7, 11) is 1.89. The van der Waals surface area contributed by atoms with E-state index in [1.54, 1.807) is 0 Å². The summed E-state index contributed by atoms with van der Waals surface area (Å²) in [5, 5.41) is 6.54. The average Bonchev–Trinajstić information content (AvgIpc) is 2.47. The van der Waals surface area contributed by atoms with Gasteiger partial charge >= 0.3 is 0 Å². The van der Waals surface area contributed by atoms with Crippen molar-refractivity contribution in [2.75, 3.05) is 36.9 Å². The van der Waals surface area contributed by atoms with Crippen LogP contribution in [-0.4, -0.2) is 36.6 Å². The topological polar surface area (TPSA) is 53.1 Å². The fraction of sp³-hybridized carbons (Fsp3) is 0.714. The van der Waals surface area contributed by atoms with E-state index in [0.29, 0.717) is 0 Å². The molecule has 5 nitrogen and oxygen atoms in total. The summed E-state index contributed by atoms with van der Waals surface area (Å²) in [5.41, 5.74) is 2.52. The lowest BCUT2D eigenvalue weighted by atomic mass is 9.98. The Bertz CT molecular complexity index is 451. The molecule has 0 atom stereocenters. The van der Waals surface area contributed by atoms with Gasteiger partial charge in [-0.2, -0.15) is 4.98 Å². The zero-order valence-corrected chi connectivity index (χ0v) is 11.9. The third kappa shape index (κ3) is 2.52. The first kappa shape index (κ1) is 12.7. The van der Waals surface area contributed by atoms with E-state index in [1.165, 1.54) is 24.1 Å². The van der Waals surface area contributed by atoms with Gasteiger partial charge in [-0.05, 0) is 18.8 Å². The van der Waals surface area contributed by atoms with Crippen molar-refractivity contribution in [3.8, 4) is 0 Å². The zero-order valence-electron chi connectivity index (χ0n) is 11.9. The fourth-order valence-corrected chi connectivity index (χ4v) is 2.92. The molecule has 3 heterocycles. The maximum Gasteiger partial charge on any atom is 0.224 e. The molecule has 1 saturated heterocycles. The number of anilines is 2. The van der Waals surface area contributed by atoms with Crippen molar-refractivity contribution in [3.05, 3.63) is 11.3 Å². The molecule has 5 heteroatoms. The molecule has 0 spiro atoms. The molecular weight excluding hydrogens is 238 g/mol. The molecule has 0 bridgehead atoms. The summed E-state index contributed by atoms with van der Waals surface area (Å²) >= 11 is 0. The highest BCUT2D eigenvalue weighted by Gasteiger charge is 2.24. The van der Waals surface area contributed by atoms with E-state index < -0.39 is 0 Å². The molecule has 2 N–H and O–H groups in total. The molecule has 0 unspecified atom stereocenters. The Kier molecular flexibility index (Phi) is 3.55. The predicted molar refractivity (Wildman–Crippen MR) is 77.6 cm³/mol.